The van der Waals surface area contributed by atoms with E-state index in [-0.39, 0.29) is 18.1 Å². The molecule has 0 aromatic carbocycles. The van der Waals surface area contributed by atoms with Crippen molar-refractivity contribution in [2.75, 3.05) is 6.61 Å². The quantitative estimate of drug-likeness (QED) is 0.930. The number of carbonyl (C=O) groups is 1. The first-order chi connectivity index (χ1) is 8.50. The Kier molecular flexibility index (Phi) is 4.20. The Morgan fingerprint density at radius 1 is 1.61 bits per heavy atom. The van der Waals surface area contributed by atoms with E-state index < -0.39 is 0 Å². The SMILES string of the molecule is CC(NC(=O)c1cc(Cl)c(Cl)n1C)C1CCCO1. The number of halogens is 2. The summed E-state index contributed by atoms with van der Waals surface area (Å²) in [5, 5.41) is 3.67. The van der Waals surface area contributed by atoms with Crippen LogP contribution in [-0.4, -0.2) is 29.2 Å². The van der Waals surface area contributed by atoms with E-state index in [9.17, 15) is 4.79 Å². The van der Waals surface area contributed by atoms with Gasteiger partial charge < -0.3 is 14.6 Å². The van der Waals surface area contributed by atoms with Gasteiger partial charge in [-0.1, -0.05) is 23.2 Å². The van der Waals surface area contributed by atoms with Gasteiger partial charge in [-0.2, -0.15) is 0 Å². The second kappa shape index (κ2) is 5.51. The molecule has 0 aliphatic carbocycles. The van der Waals surface area contributed by atoms with E-state index in [0.29, 0.717) is 15.9 Å². The van der Waals surface area contributed by atoms with Crippen molar-refractivity contribution in [2.24, 2.45) is 7.05 Å². The lowest BCUT2D eigenvalue weighted by Gasteiger charge is -2.20. The van der Waals surface area contributed by atoms with Crippen LogP contribution in [-0.2, 0) is 11.8 Å². The van der Waals surface area contributed by atoms with Gasteiger partial charge in [-0.15, -0.1) is 0 Å². The molecule has 2 rings (SSSR count). The summed E-state index contributed by atoms with van der Waals surface area (Å²) in [6.07, 6.45) is 2.13. The third kappa shape index (κ3) is 2.66. The third-order valence-corrected chi connectivity index (χ3v) is 4.07. The zero-order valence-electron chi connectivity index (χ0n) is 10.4. The van der Waals surface area contributed by atoms with Crippen LogP contribution in [0.2, 0.25) is 10.2 Å². The molecule has 100 valence electrons. The average molecular weight is 291 g/mol. The number of carbonyl (C=O) groups excluding carboxylic acids is 1. The first-order valence-electron chi connectivity index (χ1n) is 5.94. The van der Waals surface area contributed by atoms with Gasteiger partial charge in [0, 0.05) is 13.7 Å². The maximum atomic E-state index is 12.1. The van der Waals surface area contributed by atoms with Crippen molar-refractivity contribution < 1.29 is 9.53 Å². The maximum Gasteiger partial charge on any atom is 0.268 e. The summed E-state index contributed by atoms with van der Waals surface area (Å²) in [5.41, 5.74) is 0.454. The molecule has 0 bridgehead atoms. The smallest absolute Gasteiger partial charge is 0.268 e. The van der Waals surface area contributed by atoms with E-state index in [1.807, 2.05) is 6.92 Å². The maximum absolute atomic E-state index is 12.1. The molecule has 1 aliphatic heterocycles. The number of nitrogens with one attached hydrogen (secondary N) is 1. The molecule has 1 aromatic heterocycles. The fraction of sp³-hybridized carbons (Fsp3) is 0.583. The number of amides is 1. The summed E-state index contributed by atoms with van der Waals surface area (Å²) in [6, 6.07) is 1.55. The van der Waals surface area contributed by atoms with E-state index in [1.165, 1.54) is 0 Å². The highest BCUT2D eigenvalue weighted by molar-refractivity contribution is 6.41. The van der Waals surface area contributed by atoms with Crippen LogP contribution in [0.25, 0.3) is 0 Å². The largest absolute Gasteiger partial charge is 0.376 e. The number of aromatic nitrogens is 1. The van der Waals surface area contributed by atoms with E-state index in [2.05, 4.69) is 5.32 Å². The lowest BCUT2D eigenvalue weighted by molar-refractivity contribution is 0.0707. The summed E-state index contributed by atoms with van der Waals surface area (Å²) < 4.78 is 7.11. The fourth-order valence-corrected chi connectivity index (χ4v) is 2.51. The Bertz CT molecular complexity index is 453. The molecule has 4 nitrogen and oxygen atoms in total. The van der Waals surface area contributed by atoms with Crippen LogP contribution < -0.4 is 5.32 Å². The highest BCUT2D eigenvalue weighted by Gasteiger charge is 2.25. The van der Waals surface area contributed by atoms with Crippen molar-refractivity contribution in [3.05, 3.63) is 21.9 Å². The Balaban J connectivity index is 2.04. The van der Waals surface area contributed by atoms with Crippen molar-refractivity contribution in [3.8, 4) is 0 Å². The normalized spacial score (nSPS) is 21.0. The van der Waals surface area contributed by atoms with Crippen LogP contribution in [0.1, 0.15) is 30.3 Å². The Morgan fingerprint density at radius 3 is 2.83 bits per heavy atom. The minimum Gasteiger partial charge on any atom is -0.376 e. The summed E-state index contributed by atoms with van der Waals surface area (Å²) in [6.45, 7) is 2.72. The van der Waals surface area contributed by atoms with Crippen LogP contribution >= 0.6 is 23.2 Å². The highest BCUT2D eigenvalue weighted by atomic mass is 35.5. The van der Waals surface area contributed by atoms with Crippen LogP contribution in [0.3, 0.4) is 0 Å². The zero-order chi connectivity index (χ0) is 13.3. The first kappa shape index (κ1) is 13.7. The molecule has 1 aromatic rings. The molecular weight excluding hydrogens is 275 g/mol. The molecule has 2 atom stereocenters. The van der Waals surface area contributed by atoms with Gasteiger partial charge in [0.25, 0.3) is 5.91 Å². The minimum atomic E-state index is -0.186. The lowest BCUT2D eigenvalue weighted by Crippen LogP contribution is -2.41. The van der Waals surface area contributed by atoms with Crippen molar-refractivity contribution in [1.29, 1.82) is 0 Å². The van der Waals surface area contributed by atoms with Gasteiger partial charge in [-0.3, -0.25) is 4.79 Å². The molecule has 1 aliphatic rings. The van der Waals surface area contributed by atoms with Crippen molar-refractivity contribution in [3.63, 3.8) is 0 Å². The van der Waals surface area contributed by atoms with Gasteiger partial charge in [0.1, 0.15) is 10.8 Å². The molecule has 1 fully saturated rings. The topological polar surface area (TPSA) is 43.3 Å². The summed E-state index contributed by atoms with van der Waals surface area (Å²) >= 11 is 11.8. The van der Waals surface area contributed by atoms with E-state index in [4.69, 9.17) is 27.9 Å². The standard InChI is InChI=1S/C12H16Cl2N2O2/c1-7(10-4-3-5-18-10)15-12(17)9-6-8(13)11(14)16(9)2/h6-7,10H,3-5H2,1-2H3,(H,15,17). The van der Waals surface area contributed by atoms with Gasteiger partial charge in [0.05, 0.1) is 17.2 Å². The lowest BCUT2D eigenvalue weighted by atomic mass is 10.1. The van der Waals surface area contributed by atoms with Crippen LogP contribution in [0, 0.1) is 0 Å². The van der Waals surface area contributed by atoms with Crippen LogP contribution in [0.15, 0.2) is 6.07 Å². The van der Waals surface area contributed by atoms with E-state index in [1.54, 1.807) is 17.7 Å². The van der Waals surface area contributed by atoms with Crippen LogP contribution in [0.5, 0.6) is 0 Å². The Morgan fingerprint density at radius 2 is 2.33 bits per heavy atom. The molecule has 1 saturated heterocycles. The summed E-state index contributed by atoms with van der Waals surface area (Å²) in [7, 11) is 1.71. The Labute approximate surface area is 116 Å². The molecule has 1 amide bonds. The Hall–Kier alpha value is -0.710. The average Bonchev–Trinajstić information content (AvgIpc) is 2.94. The molecule has 0 saturated carbocycles. The molecule has 0 radical (unpaired) electrons. The van der Waals surface area contributed by atoms with Gasteiger partial charge >= 0.3 is 0 Å². The molecule has 18 heavy (non-hydrogen) atoms. The third-order valence-electron chi connectivity index (χ3n) is 3.23. The highest BCUT2D eigenvalue weighted by Crippen LogP contribution is 2.25. The molecule has 2 heterocycles. The summed E-state index contributed by atoms with van der Waals surface area (Å²) in [4.78, 5) is 12.1. The number of nitrogens with zero attached hydrogens (tertiary/aromatic N) is 1. The van der Waals surface area contributed by atoms with Crippen molar-refractivity contribution >= 4 is 29.1 Å². The molecule has 2 unspecified atom stereocenters. The summed E-state index contributed by atoms with van der Waals surface area (Å²) in [5.74, 6) is -0.186. The van der Waals surface area contributed by atoms with Gasteiger partial charge in [-0.25, -0.2) is 0 Å². The van der Waals surface area contributed by atoms with E-state index in [0.717, 1.165) is 19.4 Å². The van der Waals surface area contributed by atoms with Crippen molar-refractivity contribution in [1.82, 2.24) is 9.88 Å². The first-order valence-corrected chi connectivity index (χ1v) is 6.69. The van der Waals surface area contributed by atoms with Gasteiger partial charge in [0.15, 0.2) is 0 Å². The molecule has 0 spiro atoms. The predicted molar refractivity (Wildman–Crippen MR) is 71.3 cm³/mol. The molecular formula is C12H16Cl2N2O2. The molecule has 6 heteroatoms. The predicted octanol–water partition coefficient (Wildman–Crippen LogP) is 2.63. The van der Waals surface area contributed by atoms with Gasteiger partial charge in [0.2, 0.25) is 0 Å². The van der Waals surface area contributed by atoms with Crippen LogP contribution in [0.4, 0.5) is 0 Å². The fourth-order valence-electron chi connectivity index (χ4n) is 2.13. The minimum absolute atomic E-state index is 0.0209. The van der Waals surface area contributed by atoms with E-state index >= 15 is 0 Å². The number of rotatable bonds is 3. The monoisotopic (exact) mass is 290 g/mol. The second-order valence-electron chi connectivity index (χ2n) is 4.54. The molecule has 1 N–H and O–H groups in total. The zero-order valence-corrected chi connectivity index (χ0v) is 11.9. The van der Waals surface area contributed by atoms with Gasteiger partial charge in [-0.05, 0) is 25.8 Å². The van der Waals surface area contributed by atoms with Crippen molar-refractivity contribution in [2.45, 2.75) is 31.9 Å². The number of hydrogen-bond acceptors (Lipinski definition) is 2. The second-order valence-corrected chi connectivity index (χ2v) is 5.31. The number of ether oxygens (including phenoxy) is 1. The number of hydrogen-bond donors (Lipinski definition) is 1.